The number of benzene rings is 1. The quantitative estimate of drug-likeness (QED) is 0.752. The SMILES string of the molecule is CCNC(=O)c1ccn(Cn2nnc(-c3ccccc3)n2)n1. The van der Waals surface area contributed by atoms with Gasteiger partial charge in [0.05, 0.1) is 0 Å². The van der Waals surface area contributed by atoms with Gasteiger partial charge in [-0.05, 0) is 18.2 Å². The minimum absolute atomic E-state index is 0.197. The fourth-order valence-corrected chi connectivity index (χ4v) is 1.95. The fraction of sp³-hybridized carbons (Fsp3) is 0.214. The summed E-state index contributed by atoms with van der Waals surface area (Å²) in [4.78, 5) is 13.1. The molecule has 0 aliphatic carbocycles. The van der Waals surface area contributed by atoms with Gasteiger partial charge >= 0.3 is 0 Å². The summed E-state index contributed by atoms with van der Waals surface area (Å²) in [5, 5.41) is 19.2. The van der Waals surface area contributed by atoms with Crippen LogP contribution in [0.15, 0.2) is 42.6 Å². The number of hydrogen-bond donors (Lipinski definition) is 1. The molecule has 0 spiro atoms. The van der Waals surface area contributed by atoms with Crippen molar-refractivity contribution in [2.24, 2.45) is 0 Å². The van der Waals surface area contributed by atoms with Crippen LogP contribution in [-0.2, 0) is 6.67 Å². The van der Waals surface area contributed by atoms with Crippen LogP contribution < -0.4 is 5.32 Å². The summed E-state index contributed by atoms with van der Waals surface area (Å²) in [5.41, 5.74) is 1.27. The fourth-order valence-electron chi connectivity index (χ4n) is 1.95. The lowest BCUT2D eigenvalue weighted by molar-refractivity contribution is 0.0950. The largest absolute Gasteiger partial charge is 0.351 e. The first kappa shape index (κ1) is 13.9. The summed E-state index contributed by atoms with van der Waals surface area (Å²) in [7, 11) is 0. The van der Waals surface area contributed by atoms with E-state index in [1.54, 1.807) is 16.9 Å². The average Bonchev–Trinajstić information content (AvgIpc) is 3.18. The van der Waals surface area contributed by atoms with E-state index in [-0.39, 0.29) is 5.91 Å². The zero-order valence-corrected chi connectivity index (χ0v) is 12.0. The van der Waals surface area contributed by atoms with Crippen LogP contribution in [0.25, 0.3) is 11.4 Å². The van der Waals surface area contributed by atoms with Gasteiger partial charge in [0, 0.05) is 18.3 Å². The number of hydrogen-bond acceptors (Lipinski definition) is 5. The van der Waals surface area contributed by atoms with Crippen LogP contribution >= 0.6 is 0 Å². The van der Waals surface area contributed by atoms with Crippen molar-refractivity contribution in [3.05, 3.63) is 48.3 Å². The van der Waals surface area contributed by atoms with Crippen LogP contribution in [0.1, 0.15) is 17.4 Å². The monoisotopic (exact) mass is 297 g/mol. The van der Waals surface area contributed by atoms with Crippen LogP contribution in [0.2, 0.25) is 0 Å². The lowest BCUT2D eigenvalue weighted by Gasteiger charge is -1.99. The highest BCUT2D eigenvalue weighted by atomic mass is 16.1. The molecule has 3 rings (SSSR count). The second-order valence-electron chi connectivity index (χ2n) is 4.59. The standard InChI is InChI=1S/C14H15N7O/c1-2-15-14(22)12-8-9-20(17-12)10-21-18-13(16-19-21)11-6-4-3-5-7-11/h3-9H,2,10H2,1H3,(H,15,22). The molecule has 112 valence electrons. The lowest BCUT2D eigenvalue weighted by Crippen LogP contribution is -2.23. The van der Waals surface area contributed by atoms with Gasteiger partial charge in [0.2, 0.25) is 5.82 Å². The number of nitrogens with zero attached hydrogens (tertiary/aromatic N) is 6. The molecule has 8 nitrogen and oxygen atoms in total. The zero-order valence-electron chi connectivity index (χ0n) is 12.0. The molecule has 0 radical (unpaired) electrons. The van der Waals surface area contributed by atoms with Crippen molar-refractivity contribution in [2.45, 2.75) is 13.6 Å². The van der Waals surface area contributed by atoms with E-state index in [4.69, 9.17) is 0 Å². The number of amides is 1. The van der Waals surface area contributed by atoms with Gasteiger partial charge in [0.1, 0.15) is 5.69 Å². The molecule has 1 aromatic carbocycles. The predicted octanol–water partition coefficient (Wildman–Crippen LogP) is 0.792. The molecule has 1 amide bonds. The molecule has 8 heteroatoms. The molecule has 22 heavy (non-hydrogen) atoms. The van der Waals surface area contributed by atoms with Crippen LogP contribution in [0.5, 0.6) is 0 Å². The van der Waals surface area contributed by atoms with Gasteiger partial charge < -0.3 is 5.32 Å². The van der Waals surface area contributed by atoms with Gasteiger partial charge in [-0.2, -0.15) is 5.10 Å². The molecule has 0 saturated carbocycles. The van der Waals surface area contributed by atoms with E-state index in [0.717, 1.165) is 5.56 Å². The van der Waals surface area contributed by atoms with Crippen molar-refractivity contribution in [1.82, 2.24) is 35.3 Å². The summed E-state index contributed by atoms with van der Waals surface area (Å²) in [5.74, 6) is 0.356. The number of carbonyl (C=O) groups excluding carboxylic acids is 1. The Balaban J connectivity index is 1.72. The van der Waals surface area contributed by atoms with E-state index in [0.29, 0.717) is 24.7 Å². The van der Waals surface area contributed by atoms with Gasteiger partial charge in [-0.15, -0.1) is 15.0 Å². The van der Waals surface area contributed by atoms with Crippen LogP contribution in [0.3, 0.4) is 0 Å². The number of carbonyl (C=O) groups is 1. The molecule has 0 aliphatic rings. The Kier molecular flexibility index (Phi) is 3.90. The Morgan fingerprint density at radius 2 is 2.00 bits per heavy atom. The first-order chi connectivity index (χ1) is 10.8. The maximum Gasteiger partial charge on any atom is 0.271 e. The van der Waals surface area contributed by atoms with E-state index in [9.17, 15) is 4.79 Å². The Morgan fingerprint density at radius 3 is 2.77 bits per heavy atom. The van der Waals surface area contributed by atoms with Crippen LogP contribution in [0, 0.1) is 0 Å². The Hall–Kier alpha value is -3.03. The second-order valence-corrected chi connectivity index (χ2v) is 4.59. The van der Waals surface area contributed by atoms with Gasteiger partial charge in [-0.25, -0.2) is 4.68 Å². The maximum atomic E-state index is 11.7. The van der Waals surface area contributed by atoms with Gasteiger partial charge in [0.15, 0.2) is 6.67 Å². The molecule has 0 bridgehead atoms. The van der Waals surface area contributed by atoms with Crippen LogP contribution in [0.4, 0.5) is 0 Å². The molecule has 2 heterocycles. The maximum absolute atomic E-state index is 11.7. The smallest absolute Gasteiger partial charge is 0.271 e. The number of tetrazole rings is 1. The first-order valence-corrected chi connectivity index (χ1v) is 6.91. The normalized spacial score (nSPS) is 10.6. The topological polar surface area (TPSA) is 90.5 Å². The summed E-state index contributed by atoms with van der Waals surface area (Å²) < 4.78 is 1.58. The molecule has 1 N–H and O–H groups in total. The van der Waals surface area contributed by atoms with Crippen molar-refractivity contribution < 1.29 is 4.79 Å². The van der Waals surface area contributed by atoms with E-state index in [1.807, 2.05) is 37.3 Å². The molecule has 0 unspecified atom stereocenters. The predicted molar refractivity (Wildman–Crippen MR) is 78.9 cm³/mol. The van der Waals surface area contributed by atoms with E-state index in [1.165, 1.54) is 4.80 Å². The highest BCUT2D eigenvalue weighted by Gasteiger charge is 2.09. The average molecular weight is 297 g/mol. The minimum atomic E-state index is -0.197. The Morgan fingerprint density at radius 1 is 1.18 bits per heavy atom. The molecular weight excluding hydrogens is 282 g/mol. The molecule has 3 aromatic rings. The molecule has 0 aliphatic heterocycles. The number of aromatic nitrogens is 6. The van der Waals surface area contributed by atoms with Crippen molar-refractivity contribution in [3.8, 4) is 11.4 Å². The lowest BCUT2D eigenvalue weighted by atomic mass is 10.2. The second kappa shape index (κ2) is 6.17. The van der Waals surface area contributed by atoms with Crippen molar-refractivity contribution in [3.63, 3.8) is 0 Å². The van der Waals surface area contributed by atoms with Gasteiger partial charge in [-0.1, -0.05) is 30.3 Å². The first-order valence-electron chi connectivity index (χ1n) is 6.91. The Labute approximate surface area is 126 Å². The molecule has 0 fully saturated rings. The van der Waals surface area contributed by atoms with Crippen molar-refractivity contribution >= 4 is 5.91 Å². The van der Waals surface area contributed by atoms with Crippen LogP contribution in [-0.4, -0.2) is 42.4 Å². The van der Waals surface area contributed by atoms with Crippen molar-refractivity contribution in [1.29, 1.82) is 0 Å². The number of rotatable bonds is 5. The third-order valence-electron chi connectivity index (χ3n) is 2.97. The van der Waals surface area contributed by atoms with Gasteiger partial charge in [0.25, 0.3) is 5.91 Å². The molecule has 0 saturated heterocycles. The summed E-state index contributed by atoms with van der Waals surface area (Å²) >= 11 is 0. The highest BCUT2D eigenvalue weighted by Crippen LogP contribution is 2.11. The minimum Gasteiger partial charge on any atom is -0.351 e. The van der Waals surface area contributed by atoms with E-state index >= 15 is 0 Å². The van der Waals surface area contributed by atoms with E-state index in [2.05, 4.69) is 25.8 Å². The third kappa shape index (κ3) is 3.00. The molecular formula is C14H15N7O. The zero-order chi connectivity index (χ0) is 15.4. The Bertz CT molecular complexity index is 762. The highest BCUT2D eigenvalue weighted by molar-refractivity contribution is 5.92. The van der Waals surface area contributed by atoms with Crippen molar-refractivity contribution in [2.75, 3.05) is 6.54 Å². The summed E-state index contributed by atoms with van der Waals surface area (Å²) in [6.07, 6.45) is 1.70. The molecule has 0 atom stereocenters. The third-order valence-corrected chi connectivity index (χ3v) is 2.97. The number of nitrogens with one attached hydrogen (secondary N) is 1. The summed E-state index contributed by atoms with van der Waals surface area (Å²) in [6, 6.07) is 11.3. The molecule has 2 aromatic heterocycles. The summed E-state index contributed by atoms with van der Waals surface area (Å²) in [6.45, 7) is 2.72. The van der Waals surface area contributed by atoms with E-state index < -0.39 is 0 Å². The van der Waals surface area contributed by atoms with Gasteiger partial charge in [-0.3, -0.25) is 4.79 Å².